The molecule has 2 N–H and O–H groups in total. The monoisotopic (exact) mass is 224 g/mol. The first-order valence-corrected chi connectivity index (χ1v) is 5.60. The molecule has 1 fully saturated rings. The van der Waals surface area contributed by atoms with Crippen LogP contribution in [-0.4, -0.2) is 50.3 Å². The molecule has 0 aliphatic carbocycles. The Kier molecular flexibility index (Phi) is 3.51. The zero-order chi connectivity index (χ0) is 11.4. The van der Waals surface area contributed by atoms with E-state index in [0.717, 1.165) is 32.2 Å². The number of nitrogens with one attached hydrogen (secondary N) is 1. The highest BCUT2D eigenvalue weighted by molar-refractivity contribution is 5.90. The van der Waals surface area contributed by atoms with Crippen molar-refractivity contribution in [2.45, 2.75) is 31.7 Å². The molecule has 1 unspecified atom stereocenters. The average Bonchev–Trinajstić information content (AvgIpc) is 2.96. The van der Waals surface area contributed by atoms with E-state index in [4.69, 9.17) is 5.11 Å². The predicted octanol–water partition coefficient (Wildman–Crippen LogP) is 0.182. The number of aliphatic hydroxyl groups is 1. The highest BCUT2D eigenvalue weighted by Gasteiger charge is 2.30. The maximum absolute atomic E-state index is 12.0. The van der Waals surface area contributed by atoms with E-state index in [2.05, 4.69) is 15.2 Å². The summed E-state index contributed by atoms with van der Waals surface area (Å²) in [7, 11) is 0. The van der Waals surface area contributed by atoms with Crippen molar-refractivity contribution >= 4 is 5.91 Å². The zero-order valence-electron chi connectivity index (χ0n) is 9.09. The number of H-pyrrole nitrogens is 1. The Balaban J connectivity index is 1.99. The fourth-order valence-electron chi connectivity index (χ4n) is 2.17. The van der Waals surface area contributed by atoms with E-state index in [9.17, 15) is 4.79 Å². The molecule has 1 aromatic rings. The fourth-order valence-corrected chi connectivity index (χ4v) is 2.17. The van der Waals surface area contributed by atoms with Gasteiger partial charge in [-0.1, -0.05) is 0 Å². The SMILES string of the molecule is O=C(c1ncn[nH]1)N1CCCC1CCCO. The van der Waals surface area contributed by atoms with Crippen molar-refractivity contribution in [2.24, 2.45) is 0 Å². The van der Waals surface area contributed by atoms with Gasteiger partial charge in [0.2, 0.25) is 5.82 Å². The predicted molar refractivity (Wildman–Crippen MR) is 56.8 cm³/mol. The summed E-state index contributed by atoms with van der Waals surface area (Å²) in [5, 5.41) is 15.1. The van der Waals surface area contributed by atoms with Crippen molar-refractivity contribution in [1.29, 1.82) is 0 Å². The van der Waals surface area contributed by atoms with Crippen molar-refractivity contribution in [1.82, 2.24) is 20.1 Å². The molecular formula is C10H16N4O2. The third-order valence-corrected chi connectivity index (χ3v) is 2.95. The first-order valence-electron chi connectivity index (χ1n) is 5.60. The minimum absolute atomic E-state index is 0.0852. The molecule has 88 valence electrons. The van der Waals surface area contributed by atoms with E-state index in [1.54, 1.807) is 0 Å². The van der Waals surface area contributed by atoms with E-state index in [-0.39, 0.29) is 18.6 Å². The van der Waals surface area contributed by atoms with E-state index < -0.39 is 0 Å². The van der Waals surface area contributed by atoms with E-state index >= 15 is 0 Å². The van der Waals surface area contributed by atoms with Crippen LogP contribution in [0.4, 0.5) is 0 Å². The van der Waals surface area contributed by atoms with Crippen molar-refractivity contribution in [3.05, 3.63) is 12.2 Å². The molecule has 0 saturated carbocycles. The Labute approximate surface area is 93.7 Å². The molecule has 1 amide bonds. The van der Waals surface area contributed by atoms with Crippen molar-refractivity contribution in [2.75, 3.05) is 13.2 Å². The standard InChI is InChI=1S/C10H16N4O2/c15-6-2-4-8-3-1-5-14(8)10(16)9-11-7-12-13-9/h7-8,15H,1-6H2,(H,11,12,13). The number of hydrogen-bond donors (Lipinski definition) is 2. The third-order valence-electron chi connectivity index (χ3n) is 2.95. The Bertz CT molecular complexity index is 339. The van der Waals surface area contributed by atoms with Crippen molar-refractivity contribution in [3.8, 4) is 0 Å². The molecule has 1 aliphatic rings. The molecule has 0 spiro atoms. The molecule has 1 atom stereocenters. The van der Waals surface area contributed by atoms with Crippen LogP contribution in [0.1, 0.15) is 36.3 Å². The van der Waals surface area contributed by atoms with Gasteiger partial charge in [-0.05, 0) is 25.7 Å². The van der Waals surface area contributed by atoms with Crippen LogP contribution in [0, 0.1) is 0 Å². The average molecular weight is 224 g/mol. The molecule has 1 saturated heterocycles. The van der Waals surface area contributed by atoms with Gasteiger partial charge in [-0.15, -0.1) is 0 Å². The molecule has 2 heterocycles. The van der Waals surface area contributed by atoms with Crippen molar-refractivity contribution in [3.63, 3.8) is 0 Å². The van der Waals surface area contributed by atoms with Gasteiger partial charge in [0.1, 0.15) is 6.33 Å². The summed E-state index contributed by atoms with van der Waals surface area (Å²) in [5.74, 6) is 0.217. The smallest absolute Gasteiger partial charge is 0.291 e. The van der Waals surface area contributed by atoms with Gasteiger partial charge in [0.15, 0.2) is 0 Å². The van der Waals surface area contributed by atoms with Crippen LogP contribution >= 0.6 is 0 Å². The van der Waals surface area contributed by atoms with Gasteiger partial charge in [-0.25, -0.2) is 4.98 Å². The zero-order valence-corrected chi connectivity index (χ0v) is 9.09. The molecular weight excluding hydrogens is 208 g/mol. The van der Waals surface area contributed by atoms with Gasteiger partial charge in [0, 0.05) is 19.2 Å². The van der Waals surface area contributed by atoms with Crippen LogP contribution in [0.3, 0.4) is 0 Å². The van der Waals surface area contributed by atoms with Crippen LogP contribution in [-0.2, 0) is 0 Å². The number of nitrogens with zero attached hydrogens (tertiary/aromatic N) is 3. The second-order valence-electron chi connectivity index (χ2n) is 3.99. The van der Waals surface area contributed by atoms with E-state index in [1.807, 2.05) is 4.90 Å². The molecule has 0 aromatic carbocycles. The Morgan fingerprint density at radius 2 is 2.56 bits per heavy atom. The number of amides is 1. The van der Waals surface area contributed by atoms with E-state index in [0.29, 0.717) is 5.82 Å². The van der Waals surface area contributed by atoms with Gasteiger partial charge in [-0.2, -0.15) is 5.10 Å². The first-order chi connectivity index (χ1) is 7.83. The summed E-state index contributed by atoms with van der Waals surface area (Å²) in [6, 6.07) is 0.241. The summed E-state index contributed by atoms with van der Waals surface area (Å²) >= 11 is 0. The maximum Gasteiger partial charge on any atom is 0.291 e. The summed E-state index contributed by atoms with van der Waals surface area (Å²) in [4.78, 5) is 17.7. The minimum Gasteiger partial charge on any atom is -0.396 e. The second kappa shape index (κ2) is 5.07. The molecule has 6 nitrogen and oxygen atoms in total. The van der Waals surface area contributed by atoms with Gasteiger partial charge in [0.25, 0.3) is 5.91 Å². The normalized spacial score (nSPS) is 20.3. The van der Waals surface area contributed by atoms with Gasteiger partial charge < -0.3 is 10.0 Å². The van der Waals surface area contributed by atoms with Gasteiger partial charge in [0.05, 0.1) is 0 Å². The summed E-state index contributed by atoms with van der Waals surface area (Å²) in [6.07, 6.45) is 4.98. The number of aliphatic hydroxyl groups excluding tert-OH is 1. The lowest BCUT2D eigenvalue weighted by Gasteiger charge is -2.23. The first kappa shape index (κ1) is 11.1. The van der Waals surface area contributed by atoms with Crippen molar-refractivity contribution < 1.29 is 9.90 Å². The topological polar surface area (TPSA) is 82.1 Å². The summed E-state index contributed by atoms with van der Waals surface area (Å²) in [6.45, 7) is 0.955. The Morgan fingerprint density at radius 3 is 3.25 bits per heavy atom. The Morgan fingerprint density at radius 1 is 1.69 bits per heavy atom. The van der Waals surface area contributed by atoms with E-state index in [1.165, 1.54) is 6.33 Å². The van der Waals surface area contributed by atoms with Crippen LogP contribution in [0.2, 0.25) is 0 Å². The fraction of sp³-hybridized carbons (Fsp3) is 0.700. The lowest BCUT2D eigenvalue weighted by atomic mass is 10.1. The molecule has 0 radical (unpaired) electrons. The molecule has 1 aromatic heterocycles. The number of likely N-dealkylation sites (tertiary alicyclic amines) is 1. The minimum atomic E-state index is -0.0852. The number of carbonyl (C=O) groups is 1. The summed E-state index contributed by atoms with van der Waals surface area (Å²) in [5.41, 5.74) is 0. The third kappa shape index (κ3) is 2.21. The number of rotatable bonds is 4. The molecule has 0 bridgehead atoms. The van der Waals surface area contributed by atoms with Gasteiger partial charge in [-0.3, -0.25) is 9.89 Å². The second-order valence-corrected chi connectivity index (χ2v) is 3.99. The highest BCUT2D eigenvalue weighted by atomic mass is 16.3. The molecule has 1 aliphatic heterocycles. The van der Waals surface area contributed by atoms with Gasteiger partial charge >= 0.3 is 0 Å². The molecule has 2 rings (SSSR count). The maximum atomic E-state index is 12.0. The number of hydrogen-bond acceptors (Lipinski definition) is 4. The lowest BCUT2D eigenvalue weighted by molar-refractivity contribution is 0.0712. The lowest BCUT2D eigenvalue weighted by Crippen LogP contribution is -2.36. The number of aromatic amines is 1. The van der Waals surface area contributed by atoms with Crippen LogP contribution < -0.4 is 0 Å². The molecule has 16 heavy (non-hydrogen) atoms. The van der Waals surface area contributed by atoms with Crippen LogP contribution in [0.25, 0.3) is 0 Å². The quantitative estimate of drug-likeness (QED) is 0.764. The summed E-state index contributed by atoms with van der Waals surface area (Å²) < 4.78 is 0. The van der Waals surface area contributed by atoms with Crippen LogP contribution in [0.15, 0.2) is 6.33 Å². The highest BCUT2D eigenvalue weighted by Crippen LogP contribution is 2.22. The number of aromatic nitrogens is 3. The molecule has 6 heteroatoms. The largest absolute Gasteiger partial charge is 0.396 e. The Hall–Kier alpha value is -1.43. The number of carbonyl (C=O) groups excluding carboxylic acids is 1. The van der Waals surface area contributed by atoms with Crippen LogP contribution in [0.5, 0.6) is 0 Å².